The topological polar surface area (TPSA) is 49.4 Å². The summed E-state index contributed by atoms with van der Waals surface area (Å²) >= 11 is 6.15. The number of alkyl halides is 3. The van der Waals surface area contributed by atoms with E-state index in [0.29, 0.717) is 30.1 Å². The molecule has 1 N–H and O–H groups in total. The van der Waals surface area contributed by atoms with Crippen molar-refractivity contribution < 1.29 is 22.8 Å². The van der Waals surface area contributed by atoms with Gasteiger partial charge in [0.05, 0.1) is 22.2 Å². The summed E-state index contributed by atoms with van der Waals surface area (Å²) < 4.78 is 38.8. The molecule has 0 saturated carbocycles. The molecule has 0 radical (unpaired) electrons. The Morgan fingerprint density at radius 3 is 2.62 bits per heavy atom. The van der Waals surface area contributed by atoms with Crippen LogP contribution in [0.25, 0.3) is 0 Å². The van der Waals surface area contributed by atoms with Gasteiger partial charge in [-0.2, -0.15) is 13.2 Å². The molecular formula is C21H20ClF3N2O2. The molecule has 1 atom stereocenters. The van der Waals surface area contributed by atoms with Gasteiger partial charge in [0.2, 0.25) is 5.91 Å². The van der Waals surface area contributed by atoms with Crippen LogP contribution in [0.1, 0.15) is 34.3 Å². The van der Waals surface area contributed by atoms with Crippen LogP contribution < -0.4 is 5.32 Å². The molecule has 2 amide bonds. The minimum Gasteiger partial charge on any atom is -0.338 e. The first-order valence-electron chi connectivity index (χ1n) is 9.18. The molecule has 0 aromatic heterocycles. The number of nitrogens with one attached hydrogen (secondary N) is 1. The van der Waals surface area contributed by atoms with Crippen molar-refractivity contribution in [3.05, 3.63) is 64.2 Å². The van der Waals surface area contributed by atoms with Crippen molar-refractivity contribution in [2.75, 3.05) is 18.4 Å². The van der Waals surface area contributed by atoms with E-state index in [4.69, 9.17) is 11.6 Å². The first kappa shape index (κ1) is 21.2. The van der Waals surface area contributed by atoms with E-state index in [1.54, 1.807) is 12.1 Å². The summed E-state index contributed by atoms with van der Waals surface area (Å²) in [5, 5.41) is 3.20. The van der Waals surface area contributed by atoms with Crippen molar-refractivity contribution in [3.63, 3.8) is 0 Å². The Hall–Kier alpha value is -2.54. The third-order valence-corrected chi connectivity index (χ3v) is 5.21. The molecule has 1 unspecified atom stereocenters. The summed E-state index contributed by atoms with van der Waals surface area (Å²) in [5.74, 6) is -1.24. The zero-order valence-corrected chi connectivity index (χ0v) is 16.5. The molecule has 4 nitrogen and oxygen atoms in total. The van der Waals surface area contributed by atoms with Crippen molar-refractivity contribution in [1.29, 1.82) is 0 Å². The maximum Gasteiger partial charge on any atom is 0.416 e. The number of likely N-dealkylation sites (tertiary alicyclic amines) is 1. The maximum atomic E-state index is 12.9. The largest absolute Gasteiger partial charge is 0.416 e. The van der Waals surface area contributed by atoms with Crippen LogP contribution in [0, 0.1) is 12.8 Å². The number of hydrogen-bond acceptors (Lipinski definition) is 2. The third-order valence-electron chi connectivity index (χ3n) is 4.90. The van der Waals surface area contributed by atoms with Crippen LogP contribution in [-0.2, 0) is 11.0 Å². The third kappa shape index (κ3) is 5.09. The van der Waals surface area contributed by atoms with Gasteiger partial charge < -0.3 is 10.2 Å². The number of aryl methyl sites for hydroxylation is 1. The number of carbonyl (C=O) groups excluding carboxylic acids is 2. The second-order valence-electron chi connectivity index (χ2n) is 7.14. The lowest BCUT2D eigenvalue weighted by Gasteiger charge is -2.32. The molecule has 8 heteroatoms. The zero-order valence-electron chi connectivity index (χ0n) is 15.7. The summed E-state index contributed by atoms with van der Waals surface area (Å²) in [6.45, 7) is 2.42. The first-order valence-corrected chi connectivity index (χ1v) is 9.56. The Balaban J connectivity index is 1.70. The normalized spacial score (nSPS) is 17.1. The van der Waals surface area contributed by atoms with Crippen molar-refractivity contribution >= 4 is 29.1 Å². The quantitative estimate of drug-likeness (QED) is 0.740. The number of anilines is 1. The number of rotatable bonds is 3. The van der Waals surface area contributed by atoms with Crippen LogP contribution in [0.15, 0.2) is 42.5 Å². The number of nitrogens with zero attached hydrogens (tertiary/aromatic N) is 1. The number of amides is 2. The highest BCUT2D eigenvalue weighted by molar-refractivity contribution is 6.33. The fraction of sp³-hybridized carbons (Fsp3) is 0.333. The van der Waals surface area contributed by atoms with E-state index in [0.717, 1.165) is 17.7 Å². The van der Waals surface area contributed by atoms with Gasteiger partial charge in [-0.25, -0.2) is 0 Å². The molecule has 1 aliphatic rings. The SMILES string of the molecule is Cc1ccc(NC(=O)C2CCCN(C(=O)c3cccc(C(F)(F)F)c3)C2)c(Cl)c1. The average Bonchev–Trinajstić information content (AvgIpc) is 2.69. The van der Waals surface area contributed by atoms with Gasteiger partial charge in [0.25, 0.3) is 5.91 Å². The highest BCUT2D eigenvalue weighted by atomic mass is 35.5. The number of piperidine rings is 1. The standard InChI is InChI=1S/C21H20ClF3N2O2/c1-13-7-8-18(17(22)10-13)26-19(28)15-5-3-9-27(12-15)20(29)14-4-2-6-16(11-14)21(23,24)25/h2,4,6-8,10-11,15H,3,5,9,12H2,1H3,(H,26,28). The number of hydrogen-bond donors (Lipinski definition) is 1. The Labute approximate surface area is 171 Å². The minimum atomic E-state index is -4.52. The number of halogens is 4. The van der Waals surface area contributed by atoms with Crippen LogP contribution in [0.2, 0.25) is 5.02 Å². The van der Waals surface area contributed by atoms with Gasteiger partial charge in [-0.3, -0.25) is 9.59 Å². The Morgan fingerprint density at radius 2 is 1.93 bits per heavy atom. The van der Waals surface area contributed by atoms with E-state index in [1.807, 2.05) is 13.0 Å². The summed E-state index contributed by atoms with van der Waals surface area (Å²) in [7, 11) is 0. The number of carbonyl (C=O) groups is 2. The van der Waals surface area contributed by atoms with Gasteiger partial charge in [-0.15, -0.1) is 0 Å². The molecule has 0 aliphatic carbocycles. The molecule has 3 rings (SSSR count). The van der Waals surface area contributed by atoms with Crippen LogP contribution in [0.5, 0.6) is 0 Å². The molecular weight excluding hydrogens is 405 g/mol. The van der Waals surface area contributed by atoms with Crippen molar-refractivity contribution in [2.24, 2.45) is 5.92 Å². The van der Waals surface area contributed by atoms with E-state index >= 15 is 0 Å². The lowest BCUT2D eigenvalue weighted by molar-refractivity contribution is -0.137. The van der Waals surface area contributed by atoms with Gasteiger partial charge in [0.15, 0.2) is 0 Å². The molecule has 0 spiro atoms. The van der Waals surface area contributed by atoms with Crippen molar-refractivity contribution in [3.8, 4) is 0 Å². The van der Waals surface area contributed by atoms with Gasteiger partial charge in [0.1, 0.15) is 0 Å². The summed E-state index contributed by atoms with van der Waals surface area (Å²) in [5.41, 5.74) is 0.540. The van der Waals surface area contributed by atoms with Gasteiger partial charge in [-0.05, 0) is 55.7 Å². The van der Waals surface area contributed by atoms with E-state index < -0.39 is 23.6 Å². The van der Waals surface area contributed by atoms with E-state index in [2.05, 4.69) is 5.32 Å². The molecule has 154 valence electrons. The maximum absolute atomic E-state index is 12.9. The zero-order chi connectivity index (χ0) is 21.2. The lowest BCUT2D eigenvalue weighted by atomic mass is 9.96. The fourth-order valence-electron chi connectivity index (χ4n) is 3.34. The average molecular weight is 425 g/mol. The molecule has 0 bridgehead atoms. The smallest absolute Gasteiger partial charge is 0.338 e. The molecule has 1 fully saturated rings. The van der Waals surface area contributed by atoms with Crippen LogP contribution in [0.3, 0.4) is 0 Å². The monoisotopic (exact) mass is 424 g/mol. The molecule has 1 aliphatic heterocycles. The molecule has 1 saturated heterocycles. The summed E-state index contributed by atoms with van der Waals surface area (Å²) in [4.78, 5) is 26.8. The summed E-state index contributed by atoms with van der Waals surface area (Å²) in [6, 6.07) is 9.61. The van der Waals surface area contributed by atoms with Crippen molar-refractivity contribution in [2.45, 2.75) is 25.9 Å². The molecule has 29 heavy (non-hydrogen) atoms. The minimum absolute atomic E-state index is 0.0394. The predicted octanol–water partition coefficient (Wildman–Crippen LogP) is 5.16. The van der Waals surface area contributed by atoms with E-state index in [9.17, 15) is 22.8 Å². The van der Waals surface area contributed by atoms with Crippen LogP contribution in [0.4, 0.5) is 18.9 Å². The van der Waals surface area contributed by atoms with Gasteiger partial charge >= 0.3 is 6.18 Å². The van der Waals surface area contributed by atoms with Gasteiger partial charge in [0, 0.05) is 18.7 Å². The fourth-order valence-corrected chi connectivity index (χ4v) is 3.63. The predicted molar refractivity (Wildman–Crippen MR) is 105 cm³/mol. The van der Waals surface area contributed by atoms with Crippen LogP contribution in [-0.4, -0.2) is 29.8 Å². The van der Waals surface area contributed by atoms with Crippen LogP contribution >= 0.6 is 11.6 Å². The Kier molecular flexibility index (Phi) is 6.17. The first-order chi connectivity index (χ1) is 13.6. The highest BCUT2D eigenvalue weighted by Crippen LogP contribution is 2.30. The molecule has 2 aromatic rings. The lowest BCUT2D eigenvalue weighted by Crippen LogP contribution is -2.43. The van der Waals surface area contributed by atoms with Crippen molar-refractivity contribution in [1.82, 2.24) is 4.90 Å². The second kappa shape index (κ2) is 8.45. The Morgan fingerprint density at radius 1 is 1.17 bits per heavy atom. The van der Waals surface area contributed by atoms with E-state index in [-0.39, 0.29) is 18.0 Å². The Bertz CT molecular complexity index is 930. The van der Waals surface area contributed by atoms with E-state index in [1.165, 1.54) is 17.0 Å². The molecule has 2 aromatic carbocycles. The van der Waals surface area contributed by atoms with Gasteiger partial charge in [-0.1, -0.05) is 23.7 Å². The molecule has 1 heterocycles. The summed E-state index contributed by atoms with van der Waals surface area (Å²) in [6.07, 6.45) is -3.35. The number of benzene rings is 2. The highest BCUT2D eigenvalue weighted by Gasteiger charge is 2.33. The second-order valence-corrected chi connectivity index (χ2v) is 7.55.